The average molecular weight is 233 g/mol. The summed E-state index contributed by atoms with van der Waals surface area (Å²) in [6.07, 6.45) is 4.53. The standard InChI is InChI=1S/C14H16FNO/c15-13-5-2-6-14(12(13)9-17)16-7-10-3-1-4-11(10)8-16/h2,5-6,9-11H,1,3-4,7-8H2. The predicted molar refractivity (Wildman–Crippen MR) is 64.8 cm³/mol. The maximum Gasteiger partial charge on any atom is 0.155 e. The molecule has 3 rings (SSSR count). The smallest absolute Gasteiger partial charge is 0.155 e. The number of rotatable bonds is 2. The van der Waals surface area contributed by atoms with Crippen LogP contribution in [0.15, 0.2) is 18.2 Å². The minimum Gasteiger partial charge on any atom is -0.370 e. The van der Waals surface area contributed by atoms with Gasteiger partial charge in [-0.2, -0.15) is 0 Å². The second-order valence-corrected chi connectivity index (χ2v) is 5.15. The van der Waals surface area contributed by atoms with Crippen molar-refractivity contribution >= 4 is 12.0 Å². The fourth-order valence-electron chi connectivity index (χ4n) is 3.35. The van der Waals surface area contributed by atoms with Crippen LogP contribution in [0.5, 0.6) is 0 Å². The number of carbonyl (C=O) groups is 1. The van der Waals surface area contributed by atoms with Crippen molar-refractivity contribution < 1.29 is 9.18 Å². The number of anilines is 1. The topological polar surface area (TPSA) is 20.3 Å². The van der Waals surface area contributed by atoms with Crippen molar-refractivity contribution in [3.8, 4) is 0 Å². The zero-order valence-corrected chi connectivity index (χ0v) is 9.73. The first-order valence-electron chi connectivity index (χ1n) is 6.28. The Balaban J connectivity index is 1.90. The molecule has 2 fully saturated rings. The number of nitrogens with zero attached hydrogens (tertiary/aromatic N) is 1. The van der Waals surface area contributed by atoms with E-state index in [2.05, 4.69) is 4.90 Å². The van der Waals surface area contributed by atoms with Crippen molar-refractivity contribution in [2.45, 2.75) is 19.3 Å². The summed E-state index contributed by atoms with van der Waals surface area (Å²) in [5.41, 5.74) is 0.988. The largest absolute Gasteiger partial charge is 0.370 e. The molecule has 2 atom stereocenters. The van der Waals surface area contributed by atoms with Crippen LogP contribution in [0.1, 0.15) is 29.6 Å². The molecule has 0 bridgehead atoms. The summed E-state index contributed by atoms with van der Waals surface area (Å²) < 4.78 is 13.5. The number of aldehydes is 1. The molecular weight excluding hydrogens is 217 g/mol. The lowest BCUT2D eigenvalue weighted by atomic mass is 10.0. The molecule has 90 valence electrons. The fourth-order valence-corrected chi connectivity index (χ4v) is 3.35. The number of carbonyl (C=O) groups excluding carboxylic acids is 1. The summed E-state index contributed by atoms with van der Waals surface area (Å²) in [7, 11) is 0. The average Bonchev–Trinajstić information content (AvgIpc) is 2.88. The normalized spacial score (nSPS) is 27.2. The number of hydrogen-bond acceptors (Lipinski definition) is 2. The Bertz CT molecular complexity index is 434. The molecule has 1 aliphatic heterocycles. The van der Waals surface area contributed by atoms with Crippen LogP contribution in [0.4, 0.5) is 10.1 Å². The minimum absolute atomic E-state index is 0.215. The van der Waals surface area contributed by atoms with E-state index in [1.165, 1.54) is 25.3 Å². The van der Waals surface area contributed by atoms with Crippen molar-refractivity contribution in [3.63, 3.8) is 0 Å². The summed E-state index contributed by atoms with van der Waals surface area (Å²) in [4.78, 5) is 13.2. The Morgan fingerprint density at radius 3 is 2.59 bits per heavy atom. The maximum atomic E-state index is 13.5. The molecule has 0 spiro atoms. The third-order valence-corrected chi connectivity index (χ3v) is 4.21. The monoisotopic (exact) mass is 233 g/mol. The number of benzene rings is 1. The Hall–Kier alpha value is -1.38. The highest BCUT2D eigenvalue weighted by molar-refractivity contribution is 5.85. The minimum atomic E-state index is -0.408. The number of hydrogen-bond donors (Lipinski definition) is 0. The predicted octanol–water partition coefficient (Wildman–Crippen LogP) is 2.87. The van der Waals surface area contributed by atoms with Crippen LogP contribution in [0.25, 0.3) is 0 Å². The molecule has 0 radical (unpaired) electrons. The van der Waals surface area contributed by atoms with Gasteiger partial charge in [0.25, 0.3) is 0 Å². The van der Waals surface area contributed by atoms with Gasteiger partial charge in [0, 0.05) is 13.1 Å². The Morgan fingerprint density at radius 2 is 1.94 bits per heavy atom. The summed E-state index contributed by atoms with van der Waals surface area (Å²) in [5, 5.41) is 0. The van der Waals surface area contributed by atoms with Crippen LogP contribution in [-0.2, 0) is 0 Å². The molecule has 0 N–H and O–H groups in total. The lowest BCUT2D eigenvalue weighted by Crippen LogP contribution is -2.22. The quantitative estimate of drug-likeness (QED) is 0.732. The molecule has 1 aromatic carbocycles. The molecule has 1 heterocycles. The zero-order valence-electron chi connectivity index (χ0n) is 9.73. The van der Waals surface area contributed by atoms with Gasteiger partial charge in [-0.25, -0.2) is 4.39 Å². The summed E-state index contributed by atoms with van der Waals surface area (Å²) in [5.74, 6) is 1.09. The Morgan fingerprint density at radius 1 is 1.24 bits per heavy atom. The van der Waals surface area contributed by atoms with Gasteiger partial charge in [0.2, 0.25) is 0 Å². The van der Waals surface area contributed by atoms with E-state index in [4.69, 9.17) is 0 Å². The van der Waals surface area contributed by atoms with Crippen LogP contribution < -0.4 is 4.90 Å². The first-order chi connectivity index (χ1) is 8.29. The van der Waals surface area contributed by atoms with Gasteiger partial charge in [-0.1, -0.05) is 12.5 Å². The van der Waals surface area contributed by atoms with E-state index in [1.54, 1.807) is 6.07 Å². The SMILES string of the molecule is O=Cc1c(F)cccc1N1CC2CCCC2C1. The lowest BCUT2D eigenvalue weighted by Gasteiger charge is -2.21. The van der Waals surface area contributed by atoms with E-state index < -0.39 is 5.82 Å². The summed E-state index contributed by atoms with van der Waals surface area (Å²) >= 11 is 0. The van der Waals surface area contributed by atoms with Crippen LogP contribution in [0.3, 0.4) is 0 Å². The fraction of sp³-hybridized carbons (Fsp3) is 0.500. The third-order valence-electron chi connectivity index (χ3n) is 4.21. The molecular formula is C14H16FNO. The summed E-state index contributed by atoms with van der Waals surface area (Å²) in [6.45, 7) is 1.96. The number of fused-ring (bicyclic) bond motifs is 1. The van der Waals surface area contributed by atoms with Gasteiger partial charge >= 0.3 is 0 Å². The van der Waals surface area contributed by atoms with E-state index in [-0.39, 0.29) is 5.56 Å². The van der Waals surface area contributed by atoms with Crippen LogP contribution in [-0.4, -0.2) is 19.4 Å². The zero-order chi connectivity index (χ0) is 11.8. The van der Waals surface area contributed by atoms with Gasteiger partial charge < -0.3 is 4.90 Å². The van der Waals surface area contributed by atoms with Gasteiger partial charge in [-0.05, 0) is 36.8 Å². The van der Waals surface area contributed by atoms with E-state index in [9.17, 15) is 9.18 Å². The molecule has 3 heteroatoms. The molecule has 1 saturated carbocycles. The van der Waals surface area contributed by atoms with Gasteiger partial charge in [-0.3, -0.25) is 4.79 Å². The Labute approximate surface area is 100 Å². The van der Waals surface area contributed by atoms with E-state index in [1.807, 2.05) is 6.07 Å². The van der Waals surface area contributed by atoms with Crippen molar-refractivity contribution in [2.24, 2.45) is 11.8 Å². The van der Waals surface area contributed by atoms with Crippen LogP contribution in [0, 0.1) is 17.7 Å². The highest BCUT2D eigenvalue weighted by Gasteiger charge is 2.36. The Kier molecular flexibility index (Phi) is 2.61. The molecule has 2 unspecified atom stereocenters. The molecule has 1 saturated heterocycles. The van der Waals surface area contributed by atoms with Gasteiger partial charge in [0.1, 0.15) is 5.82 Å². The van der Waals surface area contributed by atoms with Crippen LogP contribution in [0.2, 0.25) is 0 Å². The van der Waals surface area contributed by atoms with Gasteiger partial charge in [0.05, 0.1) is 11.3 Å². The van der Waals surface area contributed by atoms with Crippen molar-refractivity contribution in [1.29, 1.82) is 0 Å². The maximum absolute atomic E-state index is 13.5. The number of halogens is 1. The molecule has 0 amide bonds. The van der Waals surface area contributed by atoms with Crippen molar-refractivity contribution in [2.75, 3.05) is 18.0 Å². The molecule has 2 nitrogen and oxygen atoms in total. The van der Waals surface area contributed by atoms with E-state index >= 15 is 0 Å². The molecule has 2 aliphatic rings. The highest BCUT2D eigenvalue weighted by atomic mass is 19.1. The van der Waals surface area contributed by atoms with Crippen LogP contribution >= 0.6 is 0 Å². The van der Waals surface area contributed by atoms with Gasteiger partial charge in [-0.15, -0.1) is 0 Å². The molecule has 1 aliphatic carbocycles. The summed E-state index contributed by atoms with van der Waals surface area (Å²) in [6, 6.07) is 4.89. The second-order valence-electron chi connectivity index (χ2n) is 5.15. The van der Waals surface area contributed by atoms with Crippen molar-refractivity contribution in [3.05, 3.63) is 29.6 Å². The third kappa shape index (κ3) is 1.74. The highest BCUT2D eigenvalue weighted by Crippen LogP contribution is 2.40. The van der Waals surface area contributed by atoms with Crippen molar-refractivity contribution in [1.82, 2.24) is 0 Å². The molecule has 0 aromatic heterocycles. The van der Waals surface area contributed by atoms with Gasteiger partial charge in [0.15, 0.2) is 6.29 Å². The first kappa shape index (κ1) is 10.8. The van der Waals surface area contributed by atoms with E-state index in [0.717, 1.165) is 30.6 Å². The lowest BCUT2D eigenvalue weighted by molar-refractivity contribution is 0.112. The second kappa shape index (κ2) is 4.13. The molecule has 17 heavy (non-hydrogen) atoms. The first-order valence-corrected chi connectivity index (χ1v) is 6.28. The van der Waals surface area contributed by atoms with E-state index in [0.29, 0.717) is 6.29 Å². The molecule has 1 aromatic rings.